The van der Waals surface area contributed by atoms with Gasteiger partial charge < -0.3 is 15.0 Å². The van der Waals surface area contributed by atoms with Gasteiger partial charge in [0.1, 0.15) is 0 Å². The predicted octanol–water partition coefficient (Wildman–Crippen LogP) is 8.93. The molecule has 0 amide bonds. The van der Waals surface area contributed by atoms with Gasteiger partial charge in [-0.2, -0.15) is 0 Å². The summed E-state index contributed by atoms with van der Waals surface area (Å²) < 4.78 is 0. The van der Waals surface area contributed by atoms with E-state index in [0.717, 1.165) is 0 Å². The zero-order valence-corrected chi connectivity index (χ0v) is 18.6. The first-order valence-electron chi connectivity index (χ1n) is 12.1. The van der Waals surface area contributed by atoms with Crippen molar-refractivity contribution < 1.29 is 0 Å². The van der Waals surface area contributed by atoms with Crippen LogP contribution in [-0.2, 0) is 0 Å². The summed E-state index contributed by atoms with van der Waals surface area (Å²) in [7, 11) is 0. The first-order chi connectivity index (χ1) is 17.4. The smallest absolute Gasteiger partial charge is 0.0552 e. The van der Waals surface area contributed by atoms with Gasteiger partial charge in [-0.15, -0.1) is 0 Å². The van der Waals surface area contributed by atoms with Crippen molar-refractivity contribution in [2.24, 2.45) is 0 Å². The molecule has 3 nitrogen and oxygen atoms in total. The van der Waals surface area contributed by atoms with Crippen LogP contribution in [0.4, 0.5) is 0 Å². The lowest BCUT2D eigenvalue weighted by Crippen LogP contribution is -1.82. The third-order valence-electron chi connectivity index (χ3n) is 8.37. The number of nitrogens with one attached hydrogen (secondary N) is 3. The number of rotatable bonds is 0. The topological polar surface area (TPSA) is 47.4 Å². The Balaban J connectivity index is 1.78. The molecule has 10 rings (SSSR count). The molecule has 0 saturated carbocycles. The number of hydrogen-bond acceptors (Lipinski definition) is 0. The summed E-state index contributed by atoms with van der Waals surface area (Å²) in [4.78, 5) is 11.6. The van der Waals surface area contributed by atoms with Crippen LogP contribution in [-0.4, -0.2) is 15.0 Å². The molecule has 0 aliphatic rings. The standard InChI is InChI=1S/C32H17N3/c1-3-9-19-17(7-1)29-25-23-15(11-5-13-21(23)33-29)16-12-6-14-22-24(16)26-28-27(25)31(19)35-32(28)20-10-4-2-8-18(20)30(26)34-22/h1-14,33-35H. The molecule has 0 saturated heterocycles. The van der Waals surface area contributed by atoms with Crippen molar-refractivity contribution in [3.63, 3.8) is 0 Å². The molecule has 7 aromatic carbocycles. The van der Waals surface area contributed by atoms with Gasteiger partial charge in [0.2, 0.25) is 0 Å². The van der Waals surface area contributed by atoms with E-state index in [4.69, 9.17) is 0 Å². The molecule has 0 unspecified atom stereocenters. The van der Waals surface area contributed by atoms with Crippen LogP contribution in [0.25, 0.3) is 97.7 Å². The first-order valence-corrected chi connectivity index (χ1v) is 12.1. The third kappa shape index (κ3) is 1.69. The van der Waals surface area contributed by atoms with Gasteiger partial charge in [-0.25, -0.2) is 0 Å². The van der Waals surface area contributed by atoms with Crippen molar-refractivity contribution in [2.75, 3.05) is 0 Å². The minimum Gasteiger partial charge on any atom is -0.354 e. The summed E-state index contributed by atoms with van der Waals surface area (Å²) in [5.74, 6) is 0. The van der Waals surface area contributed by atoms with E-state index >= 15 is 0 Å². The van der Waals surface area contributed by atoms with Crippen LogP contribution >= 0.6 is 0 Å². The number of aromatic amines is 3. The molecule has 3 N–H and O–H groups in total. The lowest BCUT2D eigenvalue weighted by atomic mass is 9.91. The fraction of sp³-hybridized carbons (Fsp3) is 0. The fourth-order valence-electron chi connectivity index (χ4n) is 7.09. The maximum atomic E-state index is 3.95. The molecule has 0 aliphatic carbocycles. The lowest BCUT2D eigenvalue weighted by molar-refractivity contribution is 1.56. The average Bonchev–Trinajstić information content (AvgIpc) is 3.59. The maximum Gasteiger partial charge on any atom is 0.0552 e. The summed E-state index contributed by atoms with van der Waals surface area (Å²) >= 11 is 0. The summed E-state index contributed by atoms with van der Waals surface area (Å²) in [5.41, 5.74) is 7.29. The molecular weight excluding hydrogens is 426 g/mol. The Hall–Kier alpha value is -4.76. The molecule has 0 aliphatic heterocycles. The Morgan fingerprint density at radius 2 is 0.629 bits per heavy atom. The maximum absolute atomic E-state index is 3.95. The van der Waals surface area contributed by atoms with Crippen LogP contribution in [0.3, 0.4) is 0 Å². The summed E-state index contributed by atoms with van der Waals surface area (Å²) in [6.45, 7) is 0. The van der Waals surface area contributed by atoms with E-state index in [9.17, 15) is 0 Å². The minimum atomic E-state index is 1.19. The third-order valence-corrected chi connectivity index (χ3v) is 8.37. The summed E-state index contributed by atoms with van der Waals surface area (Å²) in [6.07, 6.45) is 0. The zero-order chi connectivity index (χ0) is 22.4. The van der Waals surface area contributed by atoms with Crippen LogP contribution in [0, 0.1) is 0 Å². The molecule has 3 heterocycles. The second-order valence-electron chi connectivity index (χ2n) is 9.92. The number of hydrogen-bond donors (Lipinski definition) is 3. The van der Waals surface area contributed by atoms with E-state index in [-0.39, 0.29) is 0 Å². The van der Waals surface area contributed by atoms with Crippen molar-refractivity contribution in [3.8, 4) is 0 Å². The van der Waals surface area contributed by atoms with E-state index in [0.29, 0.717) is 0 Å². The predicted molar refractivity (Wildman–Crippen MR) is 149 cm³/mol. The lowest BCUT2D eigenvalue weighted by Gasteiger charge is -2.09. The van der Waals surface area contributed by atoms with Gasteiger partial charge in [-0.3, -0.25) is 0 Å². The molecule has 10 aromatic rings. The highest BCUT2D eigenvalue weighted by molar-refractivity contribution is 6.48. The van der Waals surface area contributed by atoms with E-state index < -0.39 is 0 Å². The Morgan fingerprint density at radius 3 is 1.06 bits per heavy atom. The number of aromatic nitrogens is 3. The molecule has 3 aromatic heterocycles. The molecule has 160 valence electrons. The Morgan fingerprint density at radius 1 is 0.286 bits per heavy atom. The first kappa shape index (κ1) is 16.8. The van der Waals surface area contributed by atoms with Gasteiger partial charge in [0.05, 0.1) is 22.1 Å². The van der Waals surface area contributed by atoms with Gasteiger partial charge >= 0.3 is 0 Å². The molecule has 0 radical (unpaired) electrons. The largest absolute Gasteiger partial charge is 0.354 e. The van der Waals surface area contributed by atoms with Gasteiger partial charge in [-0.05, 0) is 22.9 Å². The molecule has 0 atom stereocenters. The van der Waals surface area contributed by atoms with E-state index in [1.54, 1.807) is 0 Å². The quantitative estimate of drug-likeness (QED) is 0.209. The second-order valence-corrected chi connectivity index (χ2v) is 9.92. The van der Waals surface area contributed by atoms with Gasteiger partial charge in [0, 0.05) is 64.9 Å². The van der Waals surface area contributed by atoms with Crippen molar-refractivity contribution in [1.82, 2.24) is 15.0 Å². The highest BCUT2D eigenvalue weighted by atomic mass is 14.8. The Labute approximate surface area is 197 Å². The summed E-state index contributed by atoms with van der Waals surface area (Å²) in [5, 5.41) is 15.6. The van der Waals surface area contributed by atoms with E-state index in [1.807, 2.05) is 0 Å². The Kier molecular flexibility index (Phi) is 2.55. The normalized spacial score (nSPS) is 13.1. The molecule has 3 heteroatoms. The average molecular weight is 444 g/mol. The van der Waals surface area contributed by atoms with E-state index in [1.165, 1.54) is 97.7 Å². The SMILES string of the molecule is c1ccc2c(c1)c1[nH]c3cccc4c5cccc6[nH]c7c8ccccc8c8[nH]c2c(c1c34)c8c7c65. The molecule has 0 spiro atoms. The molecule has 0 fully saturated rings. The van der Waals surface area contributed by atoms with Gasteiger partial charge in [0.25, 0.3) is 0 Å². The highest BCUT2D eigenvalue weighted by Crippen LogP contribution is 2.50. The molecule has 0 bridgehead atoms. The van der Waals surface area contributed by atoms with Crippen molar-refractivity contribution >= 4 is 97.7 Å². The monoisotopic (exact) mass is 443 g/mol. The van der Waals surface area contributed by atoms with E-state index in [2.05, 4.69) is 99.9 Å². The van der Waals surface area contributed by atoms with Crippen molar-refractivity contribution in [3.05, 3.63) is 84.9 Å². The number of fused-ring (bicyclic) bond motifs is 7. The minimum absolute atomic E-state index is 1.19. The number of benzene rings is 6. The van der Waals surface area contributed by atoms with Crippen LogP contribution < -0.4 is 0 Å². The zero-order valence-electron chi connectivity index (χ0n) is 18.6. The van der Waals surface area contributed by atoms with Gasteiger partial charge in [0.15, 0.2) is 0 Å². The van der Waals surface area contributed by atoms with Crippen LogP contribution in [0.2, 0.25) is 0 Å². The van der Waals surface area contributed by atoms with Crippen LogP contribution in [0.15, 0.2) is 84.9 Å². The fourth-order valence-corrected chi connectivity index (χ4v) is 7.09. The van der Waals surface area contributed by atoms with Crippen molar-refractivity contribution in [2.45, 2.75) is 0 Å². The molecular formula is C32H17N3. The molecule has 35 heavy (non-hydrogen) atoms. The van der Waals surface area contributed by atoms with Crippen LogP contribution in [0.1, 0.15) is 0 Å². The van der Waals surface area contributed by atoms with Gasteiger partial charge in [-0.1, -0.05) is 72.8 Å². The summed E-state index contributed by atoms with van der Waals surface area (Å²) in [6, 6.07) is 31.0. The second kappa shape index (κ2) is 5.31. The Bertz CT molecular complexity index is 2310. The highest BCUT2D eigenvalue weighted by Gasteiger charge is 2.25. The van der Waals surface area contributed by atoms with Crippen LogP contribution in [0.5, 0.6) is 0 Å². The number of H-pyrrole nitrogens is 3. The van der Waals surface area contributed by atoms with Crippen molar-refractivity contribution in [1.29, 1.82) is 0 Å².